The lowest BCUT2D eigenvalue weighted by molar-refractivity contribution is -0.109. The van der Waals surface area contributed by atoms with Crippen LogP contribution < -0.4 is 15.0 Å². The molecule has 0 aliphatic heterocycles. The number of pyridine rings is 1. The highest BCUT2D eigenvalue weighted by atomic mass is 16.5. The van der Waals surface area contributed by atoms with Crippen LogP contribution in [0.2, 0.25) is 0 Å². The molecule has 0 unspecified atom stereocenters. The van der Waals surface area contributed by atoms with Crippen LogP contribution in [-0.4, -0.2) is 37.6 Å². The van der Waals surface area contributed by atoms with Crippen LogP contribution in [0.5, 0.6) is 11.5 Å². The fourth-order valence-electron chi connectivity index (χ4n) is 3.56. The van der Waals surface area contributed by atoms with Gasteiger partial charge in [0.15, 0.2) is 23.4 Å². The van der Waals surface area contributed by atoms with Gasteiger partial charge in [-0.2, -0.15) is 0 Å². The Balaban J connectivity index is 2.13. The van der Waals surface area contributed by atoms with Crippen molar-refractivity contribution in [1.82, 2.24) is 4.98 Å². The highest BCUT2D eigenvalue weighted by molar-refractivity contribution is 6.12. The number of methoxy groups -OCH3 is 1. The molecule has 2 aromatic carbocycles. The minimum absolute atomic E-state index is 0.0928. The number of carbonyl (C=O) groups excluding carboxylic acids is 2. The van der Waals surface area contributed by atoms with Crippen LogP contribution in [0, 0.1) is 0 Å². The number of carbonyl (C=O) groups is 2. The topological polar surface area (TPSA) is 108 Å². The quantitative estimate of drug-likeness (QED) is 0.358. The van der Waals surface area contributed by atoms with Crippen LogP contribution in [-0.2, 0) is 9.53 Å². The molecule has 0 bridgehead atoms. The number of nitrogens with one attached hydrogen (secondary N) is 1. The number of H-pyrrole nitrogens is 1. The third-order valence-corrected chi connectivity index (χ3v) is 4.78. The lowest BCUT2D eigenvalue weighted by Crippen LogP contribution is -2.21. The smallest absolute Gasteiger partial charge is 0.344 e. The molecular formula is C23H19NO7. The molecular weight excluding hydrogens is 402 g/mol. The molecule has 0 saturated heterocycles. The Kier molecular flexibility index (Phi) is 5.44. The summed E-state index contributed by atoms with van der Waals surface area (Å²) in [6.07, 6.45) is 0.612. The van der Waals surface area contributed by atoms with E-state index >= 15 is 0 Å². The predicted octanol–water partition coefficient (Wildman–Crippen LogP) is 3.70. The number of aldehydes is 1. The number of furan rings is 1. The Labute approximate surface area is 176 Å². The average molecular weight is 421 g/mol. The summed E-state index contributed by atoms with van der Waals surface area (Å²) in [5.41, 5.74) is 1.08. The first-order valence-corrected chi connectivity index (χ1v) is 9.59. The minimum Gasteiger partial charge on any atom is -0.492 e. The van der Waals surface area contributed by atoms with E-state index in [2.05, 4.69) is 4.98 Å². The monoisotopic (exact) mass is 421 g/mol. The molecule has 31 heavy (non-hydrogen) atoms. The number of benzene rings is 2. The zero-order valence-electron chi connectivity index (χ0n) is 16.9. The molecule has 1 N–H and O–H groups in total. The van der Waals surface area contributed by atoms with Gasteiger partial charge in [-0.3, -0.25) is 9.59 Å². The van der Waals surface area contributed by atoms with Crippen LogP contribution in [0.1, 0.15) is 17.3 Å². The number of rotatable bonds is 7. The lowest BCUT2D eigenvalue weighted by Gasteiger charge is -2.15. The van der Waals surface area contributed by atoms with Gasteiger partial charge in [0, 0.05) is 10.9 Å². The summed E-state index contributed by atoms with van der Waals surface area (Å²) >= 11 is 0. The summed E-state index contributed by atoms with van der Waals surface area (Å²) in [6.45, 7) is 1.56. The molecule has 8 nitrogen and oxygen atoms in total. The van der Waals surface area contributed by atoms with Crippen molar-refractivity contribution >= 4 is 34.3 Å². The Morgan fingerprint density at radius 2 is 1.97 bits per heavy atom. The number of hydrogen-bond acceptors (Lipinski definition) is 7. The SMILES string of the molecule is CCOC(=O)c1c(-c2cccc(OCC=O)c2OC)c2oc3ccccc3c2[nH]c1=O. The van der Waals surface area contributed by atoms with Gasteiger partial charge in [-0.1, -0.05) is 24.3 Å². The molecule has 0 fully saturated rings. The Bertz CT molecular complexity index is 1350. The Hall–Kier alpha value is -4.07. The third-order valence-electron chi connectivity index (χ3n) is 4.78. The fourth-order valence-corrected chi connectivity index (χ4v) is 3.56. The van der Waals surface area contributed by atoms with E-state index in [1.54, 1.807) is 31.2 Å². The van der Waals surface area contributed by atoms with Crippen molar-refractivity contribution in [2.24, 2.45) is 0 Å². The summed E-state index contributed by atoms with van der Waals surface area (Å²) < 4.78 is 22.2. The maximum atomic E-state index is 13.0. The number of fused-ring (bicyclic) bond motifs is 3. The van der Waals surface area contributed by atoms with Gasteiger partial charge >= 0.3 is 5.97 Å². The van der Waals surface area contributed by atoms with Gasteiger partial charge in [-0.05, 0) is 25.1 Å². The first-order valence-electron chi connectivity index (χ1n) is 9.59. The molecule has 0 spiro atoms. The highest BCUT2D eigenvalue weighted by Gasteiger charge is 2.28. The molecule has 0 saturated carbocycles. The van der Waals surface area contributed by atoms with Gasteiger partial charge < -0.3 is 23.6 Å². The molecule has 0 radical (unpaired) electrons. The average Bonchev–Trinajstić information content (AvgIpc) is 3.14. The van der Waals surface area contributed by atoms with Crippen molar-refractivity contribution in [2.75, 3.05) is 20.3 Å². The van der Waals surface area contributed by atoms with Gasteiger partial charge in [-0.25, -0.2) is 4.79 Å². The van der Waals surface area contributed by atoms with E-state index in [-0.39, 0.29) is 35.8 Å². The van der Waals surface area contributed by atoms with Crippen molar-refractivity contribution in [1.29, 1.82) is 0 Å². The van der Waals surface area contributed by atoms with Crippen molar-refractivity contribution in [3.05, 3.63) is 58.4 Å². The van der Waals surface area contributed by atoms with E-state index < -0.39 is 11.5 Å². The molecule has 2 aromatic heterocycles. The molecule has 2 heterocycles. The van der Waals surface area contributed by atoms with Crippen molar-refractivity contribution in [3.63, 3.8) is 0 Å². The Morgan fingerprint density at radius 1 is 1.16 bits per heavy atom. The summed E-state index contributed by atoms with van der Waals surface area (Å²) in [4.78, 5) is 39.3. The predicted molar refractivity (Wildman–Crippen MR) is 114 cm³/mol. The van der Waals surface area contributed by atoms with Gasteiger partial charge in [0.2, 0.25) is 0 Å². The molecule has 4 rings (SSSR count). The first-order chi connectivity index (χ1) is 15.1. The van der Waals surface area contributed by atoms with Crippen LogP contribution in [0.4, 0.5) is 0 Å². The largest absolute Gasteiger partial charge is 0.492 e. The van der Waals surface area contributed by atoms with Crippen LogP contribution >= 0.6 is 0 Å². The Morgan fingerprint density at radius 3 is 2.71 bits per heavy atom. The number of hydrogen-bond donors (Lipinski definition) is 1. The van der Waals surface area contributed by atoms with Crippen LogP contribution in [0.25, 0.3) is 33.2 Å². The molecule has 4 aromatic rings. The molecule has 8 heteroatoms. The molecule has 0 aliphatic carbocycles. The molecule has 0 amide bonds. The maximum Gasteiger partial charge on any atom is 0.344 e. The van der Waals surface area contributed by atoms with Gasteiger partial charge in [0.25, 0.3) is 5.56 Å². The fraction of sp³-hybridized carbons (Fsp3) is 0.174. The van der Waals surface area contributed by atoms with E-state index in [1.807, 2.05) is 18.2 Å². The van der Waals surface area contributed by atoms with E-state index in [1.165, 1.54) is 7.11 Å². The standard InChI is InChI=1S/C23H19NO7/c1-3-29-23(27)18-17(14-8-6-10-16(20(14)28-2)30-12-11-25)21-19(24-22(18)26)13-7-4-5-9-15(13)31-21/h4-11H,3,12H2,1-2H3,(H,24,26). The van der Waals surface area contributed by atoms with E-state index in [9.17, 15) is 14.4 Å². The lowest BCUT2D eigenvalue weighted by atomic mass is 9.98. The number of esters is 1. The normalized spacial score (nSPS) is 10.9. The second-order valence-electron chi connectivity index (χ2n) is 6.54. The van der Waals surface area contributed by atoms with Gasteiger partial charge in [-0.15, -0.1) is 0 Å². The van der Waals surface area contributed by atoms with Crippen molar-refractivity contribution in [2.45, 2.75) is 6.92 Å². The zero-order valence-corrected chi connectivity index (χ0v) is 16.9. The number of para-hydroxylation sites is 2. The van der Waals surface area contributed by atoms with Gasteiger partial charge in [0.05, 0.1) is 24.8 Å². The molecule has 0 atom stereocenters. The van der Waals surface area contributed by atoms with Crippen molar-refractivity contribution < 1.29 is 28.2 Å². The zero-order chi connectivity index (χ0) is 22.0. The molecule has 0 aliphatic rings. The molecule has 158 valence electrons. The van der Waals surface area contributed by atoms with Gasteiger partial charge in [0.1, 0.15) is 17.8 Å². The van der Waals surface area contributed by atoms with E-state index in [4.69, 9.17) is 18.6 Å². The number of aromatic amines is 1. The van der Waals surface area contributed by atoms with E-state index in [0.717, 1.165) is 0 Å². The van der Waals surface area contributed by atoms with E-state index in [0.29, 0.717) is 33.9 Å². The first kappa shape index (κ1) is 20.2. The van der Waals surface area contributed by atoms with Crippen LogP contribution in [0.3, 0.4) is 0 Å². The summed E-state index contributed by atoms with van der Waals surface area (Å²) in [5, 5.41) is 0.693. The minimum atomic E-state index is -0.789. The summed E-state index contributed by atoms with van der Waals surface area (Å²) in [7, 11) is 1.43. The second kappa shape index (κ2) is 8.35. The third kappa shape index (κ3) is 3.42. The second-order valence-corrected chi connectivity index (χ2v) is 6.54. The maximum absolute atomic E-state index is 13.0. The number of aromatic nitrogens is 1. The summed E-state index contributed by atoms with van der Waals surface area (Å²) in [6, 6.07) is 12.2. The van der Waals surface area contributed by atoms with Crippen molar-refractivity contribution in [3.8, 4) is 22.6 Å². The summed E-state index contributed by atoms with van der Waals surface area (Å²) in [5.74, 6) is -0.254. The highest BCUT2D eigenvalue weighted by Crippen LogP contribution is 2.43. The van der Waals surface area contributed by atoms with Crippen LogP contribution in [0.15, 0.2) is 51.7 Å². The number of ether oxygens (including phenoxy) is 3.